The van der Waals surface area contributed by atoms with Gasteiger partial charge in [-0.05, 0) is 48.3 Å². The molecular formula is C20H20N4S2. The molecule has 0 radical (unpaired) electrons. The fourth-order valence-electron chi connectivity index (χ4n) is 3.17. The number of anilines is 1. The lowest BCUT2D eigenvalue weighted by molar-refractivity contribution is 0.648. The highest BCUT2D eigenvalue weighted by Gasteiger charge is 2.21. The maximum Gasteiger partial charge on any atom is 0.171 e. The van der Waals surface area contributed by atoms with Crippen LogP contribution in [0.4, 0.5) is 5.69 Å². The van der Waals surface area contributed by atoms with Crippen molar-refractivity contribution in [2.75, 3.05) is 5.32 Å². The van der Waals surface area contributed by atoms with Crippen LogP contribution in [0.1, 0.15) is 11.1 Å². The van der Waals surface area contributed by atoms with E-state index in [4.69, 9.17) is 12.2 Å². The topological polar surface area (TPSA) is 41.9 Å². The maximum absolute atomic E-state index is 5.47. The van der Waals surface area contributed by atoms with Crippen molar-refractivity contribution in [3.63, 3.8) is 0 Å². The molecular weight excluding hydrogens is 360 g/mol. The average molecular weight is 381 g/mol. The van der Waals surface area contributed by atoms with Crippen molar-refractivity contribution in [2.24, 2.45) is 0 Å². The Hall–Kier alpha value is -2.31. The lowest BCUT2D eigenvalue weighted by Gasteiger charge is -2.14. The molecule has 132 valence electrons. The number of benzene rings is 2. The zero-order chi connectivity index (χ0) is 17.8. The first-order valence-electron chi connectivity index (χ1n) is 8.61. The van der Waals surface area contributed by atoms with Crippen molar-refractivity contribution in [1.29, 1.82) is 0 Å². The number of thioether (sulfide) groups is 1. The van der Waals surface area contributed by atoms with Crippen molar-refractivity contribution in [3.8, 4) is 0 Å². The van der Waals surface area contributed by atoms with Crippen LogP contribution in [0.15, 0.2) is 71.9 Å². The van der Waals surface area contributed by atoms with Crippen LogP contribution in [0.25, 0.3) is 0 Å². The number of aromatic nitrogens is 2. The molecule has 4 nitrogen and oxygen atoms in total. The molecule has 26 heavy (non-hydrogen) atoms. The quantitative estimate of drug-likeness (QED) is 0.516. The molecule has 3 aromatic rings. The van der Waals surface area contributed by atoms with Gasteiger partial charge in [0, 0.05) is 17.1 Å². The predicted octanol–water partition coefficient (Wildman–Crippen LogP) is 4.09. The zero-order valence-corrected chi connectivity index (χ0v) is 15.9. The van der Waals surface area contributed by atoms with Crippen LogP contribution in [0.2, 0.25) is 0 Å². The minimum atomic E-state index is 0.357. The summed E-state index contributed by atoms with van der Waals surface area (Å²) in [5.41, 5.74) is 3.74. The molecule has 1 aliphatic rings. The van der Waals surface area contributed by atoms with E-state index in [-0.39, 0.29) is 0 Å². The number of hydrogen-bond donors (Lipinski definition) is 2. The van der Waals surface area contributed by atoms with Crippen LogP contribution in [0.5, 0.6) is 0 Å². The first kappa shape index (κ1) is 17.1. The number of hydrogen-bond acceptors (Lipinski definition) is 3. The van der Waals surface area contributed by atoms with E-state index < -0.39 is 0 Å². The molecule has 2 N–H and O–H groups in total. The van der Waals surface area contributed by atoms with E-state index >= 15 is 0 Å². The Morgan fingerprint density at radius 3 is 2.50 bits per heavy atom. The third kappa shape index (κ3) is 4.26. The molecule has 1 aromatic heterocycles. The molecule has 0 aliphatic heterocycles. The standard InChI is InChI=1S/C20H20N4S2/c25-20(22-17-10-15-6-4-5-7-16(15)11-17)23-18-12-21-24(13-18)14-26-19-8-2-1-3-9-19/h1-9,12-13,17H,10-11,14H2,(H2,22,23,25). The van der Waals surface area contributed by atoms with Gasteiger partial charge in [0.2, 0.25) is 0 Å². The van der Waals surface area contributed by atoms with Gasteiger partial charge < -0.3 is 10.6 Å². The van der Waals surface area contributed by atoms with Crippen LogP contribution in [-0.4, -0.2) is 20.9 Å². The van der Waals surface area contributed by atoms with Gasteiger partial charge in [-0.2, -0.15) is 5.10 Å². The number of nitrogens with zero attached hydrogens (tertiary/aromatic N) is 2. The largest absolute Gasteiger partial charge is 0.359 e. The molecule has 0 spiro atoms. The summed E-state index contributed by atoms with van der Waals surface area (Å²) >= 11 is 7.22. The molecule has 0 bridgehead atoms. The van der Waals surface area contributed by atoms with E-state index in [1.807, 2.05) is 35.3 Å². The smallest absolute Gasteiger partial charge is 0.171 e. The summed E-state index contributed by atoms with van der Waals surface area (Å²) in [5.74, 6) is 0.768. The third-order valence-corrected chi connectivity index (χ3v) is 5.60. The second-order valence-corrected chi connectivity index (χ2v) is 7.75. The molecule has 0 atom stereocenters. The van der Waals surface area contributed by atoms with E-state index in [1.54, 1.807) is 11.8 Å². The SMILES string of the molecule is S=C(Nc1cnn(CSc2ccccc2)c1)NC1Cc2ccccc2C1. The fraction of sp³-hybridized carbons (Fsp3) is 0.200. The van der Waals surface area contributed by atoms with Gasteiger partial charge >= 0.3 is 0 Å². The Labute approximate surface area is 163 Å². The molecule has 0 saturated heterocycles. The number of thiocarbonyl (C=S) groups is 1. The Morgan fingerprint density at radius 1 is 1.08 bits per heavy atom. The van der Waals surface area contributed by atoms with Crippen LogP contribution < -0.4 is 10.6 Å². The summed E-state index contributed by atoms with van der Waals surface area (Å²) in [7, 11) is 0. The average Bonchev–Trinajstić information content (AvgIpc) is 3.26. The van der Waals surface area contributed by atoms with E-state index in [0.717, 1.165) is 24.4 Å². The molecule has 0 amide bonds. The Kier molecular flexibility index (Phi) is 5.22. The summed E-state index contributed by atoms with van der Waals surface area (Å²) in [6.45, 7) is 0. The highest BCUT2D eigenvalue weighted by atomic mass is 32.2. The number of rotatable bonds is 5. The minimum absolute atomic E-state index is 0.357. The summed E-state index contributed by atoms with van der Waals surface area (Å²) < 4.78 is 1.91. The summed E-state index contributed by atoms with van der Waals surface area (Å²) in [4.78, 5) is 1.23. The van der Waals surface area contributed by atoms with Crippen molar-refractivity contribution < 1.29 is 0 Å². The summed E-state index contributed by atoms with van der Waals surface area (Å²) in [5, 5.41) is 11.7. The maximum atomic E-state index is 5.47. The van der Waals surface area contributed by atoms with Crippen LogP contribution in [0, 0.1) is 0 Å². The monoisotopic (exact) mass is 380 g/mol. The summed E-state index contributed by atoms with van der Waals surface area (Å²) in [6, 6.07) is 19.3. The van der Waals surface area contributed by atoms with Gasteiger partial charge in [0.25, 0.3) is 0 Å². The van der Waals surface area contributed by atoms with Crippen molar-refractivity contribution in [3.05, 3.63) is 78.1 Å². The van der Waals surface area contributed by atoms with Gasteiger partial charge in [-0.15, -0.1) is 11.8 Å². The molecule has 1 aliphatic carbocycles. The van der Waals surface area contributed by atoms with Crippen molar-refractivity contribution in [1.82, 2.24) is 15.1 Å². The first-order valence-corrected chi connectivity index (χ1v) is 10.0. The number of fused-ring (bicyclic) bond motifs is 1. The minimum Gasteiger partial charge on any atom is -0.359 e. The molecule has 6 heteroatoms. The van der Waals surface area contributed by atoms with Gasteiger partial charge in [0.05, 0.1) is 17.8 Å². The number of nitrogens with one attached hydrogen (secondary N) is 2. The molecule has 0 unspecified atom stereocenters. The van der Waals surface area contributed by atoms with Crippen LogP contribution in [0.3, 0.4) is 0 Å². The fourth-order valence-corrected chi connectivity index (χ4v) is 4.23. The molecule has 4 rings (SSSR count). The van der Waals surface area contributed by atoms with E-state index in [0.29, 0.717) is 11.2 Å². The first-order chi connectivity index (χ1) is 12.8. The van der Waals surface area contributed by atoms with Crippen molar-refractivity contribution >= 4 is 34.8 Å². The van der Waals surface area contributed by atoms with E-state index in [1.165, 1.54) is 16.0 Å². The van der Waals surface area contributed by atoms with Gasteiger partial charge in [-0.25, -0.2) is 0 Å². The van der Waals surface area contributed by atoms with Gasteiger partial charge in [0.1, 0.15) is 0 Å². The van der Waals surface area contributed by atoms with Crippen LogP contribution >= 0.6 is 24.0 Å². The lowest BCUT2D eigenvalue weighted by atomic mass is 10.1. The Bertz CT molecular complexity index is 867. The highest BCUT2D eigenvalue weighted by Crippen LogP contribution is 2.22. The van der Waals surface area contributed by atoms with E-state index in [2.05, 4.69) is 52.1 Å². The Morgan fingerprint density at radius 2 is 1.77 bits per heavy atom. The predicted molar refractivity (Wildman–Crippen MR) is 112 cm³/mol. The third-order valence-electron chi connectivity index (χ3n) is 4.38. The molecule has 0 saturated carbocycles. The highest BCUT2D eigenvalue weighted by molar-refractivity contribution is 7.98. The molecule has 0 fully saturated rings. The van der Waals surface area contributed by atoms with Crippen LogP contribution in [-0.2, 0) is 18.7 Å². The Balaban J connectivity index is 1.27. The zero-order valence-electron chi connectivity index (χ0n) is 14.3. The van der Waals surface area contributed by atoms with Gasteiger partial charge in [0.15, 0.2) is 5.11 Å². The van der Waals surface area contributed by atoms with Gasteiger partial charge in [-0.1, -0.05) is 42.5 Å². The molecule has 2 aromatic carbocycles. The lowest BCUT2D eigenvalue weighted by Crippen LogP contribution is -2.38. The summed E-state index contributed by atoms with van der Waals surface area (Å²) in [6.07, 6.45) is 5.83. The molecule has 1 heterocycles. The normalized spacial score (nSPS) is 13.4. The second kappa shape index (κ2) is 7.93. The van der Waals surface area contributed by atoms with E-state index in [9.17, 15) is 0 Å². The second-order valence-electron chi connectivity index (χ2n) is 6.33. The van der Waals surface area contributed by atoms with Crippen molar-refractivity contribution in [2.45, 2.75) is 29.7 Å². The van der Waals surface area contributed by atoms with Gasteiger partial charge in [-0.3, -0.25) is 4.68 Å².